The highest BCUT2D eigenvalue weighted by atomic mass is 79.9. The van der Waals surface area contributed by atoms with Crippen LogP contribution in [0, 0.1) is 0 Å². The van der Waals surface area contributed by atoms with Gasteiger partial charge in [-0.2, -0.15) is 0 Å². The molecule has 0 bridgehead atoms. The second-order valence-electron chi connectivity index (χ2n) is 4.53. The van der Waals surface area contributed by atoms with Crippen molar-refractivity contribution >= 4 is 15.9 Å². The highest BCUT2D eigenvalue weighted by Crippen LogP contribution is 2.20. The number of aromatic nitrogens is 1. The Bertz CT molecular complexity index is 525. The third kappa shape index (κ3) is 3.86. The van der Waals surface area contributed by atoms with Crippen molar-refractivity contribution < 1.29 is 0 Å². The van der Waals surface area contributed by atoms with Crippen LogP contribution in [0.4, 0.5) is 0 Å². The Morgan fingerprint density at radius 2 is 1.89 bits per heavy atom. The molecule has 19 heavy (non-hydrogen) atoms. The van der Waals surface area contributed by atoms with Gasteiger partial charge in [0.1, 0.15) is 0 Å². The Labute approximate surface area is 122 Å². The van der Waals surface area contributed by atoms with Crippen molar-refractivity contribution in [3.05, 3.63) is 63.9 Å². The van der Waals surface area contributed by atoms with Crippen LogP contribution in [0.5, 0.6) is 0 Å². The van der Waals surface area contributed by atoms with E-state index >= 15 is 0 Å². The molecule has 1 unspecified atom stereocenters. The van der Waals surface area contributed by atoms with Crippen molar-refractivity contribution in [3.63, 3.8) is 0 Å². The van der Waals surface area contributed by atoms with Gasteiger partial charge < -0.3 is 0 Å². The minimum atomic E-state index is 0.0671. The molecular formula is C15H18BrN3. The lowest BCUT2D eigenvalue weighted by Crippen LogP contribution is -2.29. The number of hydrogen-bond acceptors (Lipinski definition) is 3. The van der Waals surface area contributed by atoms with Gasteiger partial charge in [-0.05, 0) is 51.5 Å². The number of rotatable bonds is 5. The van der Waals surface area contributed by atoms with Crippen LogP contribution in [0.25, 0.3) is 0 Å². The molecule has 1 aromatic carbocycles. The van der Waals surface area contributed by atoms with Crippen LogP contribution >= 0.6 is 15.9 Å². The number of benzene rings is 1. The molecule has 100 valence electrons. The van der Waals surface area contributed by atoms with Crippen LogP contribution < -0.4 is 11.3 Å². The molecular weight excluding hydrogens is 302 g/mol. The molecule has 0 aliphatic carbocycles. The maximum Gasteiger partial charge on any atom is 0.0515 e. The lowest BCUT2D eigenvalue weighted by atomic mass is 9.99. The van der Waals surface area contributed by atoms with E-state index in [4.69, 9.17) is 5.84 Å². The molecule has 0 aliphatic rings. The van der Waals surface area contributed by atoms with Gasteiger partial charge in [0.25, 0.3) is 0 Å². The highest BCUT2D eigenvalue weighted by molar-refractivity contribution is 9.10. The quantitative estimate of drug-likeness (QED) is 0.657. The Kier molecular flexibility index (Phi) is 5.07. The summed E-state index contributed by atoms with van der Waals surface area (Å²) in [4.78, 5) is 4.18. The molecule has 2 rings (SSSR count). The van der Waals surface area contributed by atoms with E-state index < -0.39 is 0 Å². The van der Waals surface area contributed by atoms with Gasteiger partial charge in [-0.1, -0.05) is 31.2 Å². The van der Waals surface area contributed by atoms with Crippen LogP contribution in [0.15, 0.2) is 47.2 Å². The summed E-state index contributed by atoms with van der Waals surface area (Å²) in [5.74, 6) is 5.67. The zero-order valence-corrected chi connectivity index (χ0v) is 12.5. The maximum atomic E-state index is 5.67. The smallest absolute Gasteiger partial charge is 0.0515 e. The molecule has 2 aromatic rings. The number of pyridine rings is 1. The summed E-state index contributed by atoms with van der Waals surface area (Å²) in [6.45, 7) is 2.16. The summed E-state index contributed by atoms with van der Waals surface area (Å²) in [7, 11) is 0. The third-order valence-corrected chi connectivity index (χ3v) is 3.63. The molecule has 0 saturated carbocycles. The first-order chi connectivity index (χ1) is 9.22. The number of nitrogens with one attached hydrogen (secondary N) is 1. The zero-order chi connectivity index (χ0) is 13.7. The molecule has 1 atom stereocenters. The van der Waals surface area contributed by atoms with E-state index in [-0.39, 0.29) is 6.04 Å². The topological polar surface area (TPSA) is 50.9 Å². The first-order valence-corrected chi connectivity index (χ1v) is 7.16. The van der Waals surface area contributed by atoms with Gasteiger partial charge >= 0.3 is 0 Å². The Hall–Kier alpha value is -1.23. The SMILES string of the molecule is CCc1ccc(CC(NN)c2cncc(Br)c2)cc1. The number of hydrogen-bond donors (Lipinski definition) is 2. The molecule has 0 radical (unpaired) electrons. The number of nitrogens with zero attached hydrogens (tertiary/aromatic N) is 1. The van der Waals surface area contributed by atoms with Crippen LogP contribution in [0.2, 0.25) is 0 Å². The van der Waals surface area contributed by atoms with Crippen molar-refractivity contribution in [2.24, 2.45) is 5.84 Å². The molecule has 3 N–H and O–H groups in total. The lowest BCUT2D eigenvalue weighted by molar-refractivity contribution is 0.550. The fourth-order valence-corrected chi connectivity index (χ4v) is 2.42. The van der Waals surface area contributed by atoms with Crippen molar-refractivity contribution in [2.45, 2.75) is 25.8 Å². The van der Waals surface area contributed by atoms with E-state index in [2.05, 4.69) is 57.5 Å². The van der Waals surface area contributed by atoms with Crippen LogP contribution in [0.3, 0.4) is 0 Å². The highest BCUT2D eigenvalue weighted by Gasteiger charge is 2.11. The standard InChI is InChI=1S/C15H18BrN3/c1-2-11-3-5-12(6-4-11)7-15(19-17)13-8-14(16)10-18-9-13/h3-6,8-10,15,19H,2,7,17H2,1H3. The van der Waals surface area contributed by atoms with Crippen LogP contribution in [0.1, 0.15) is 29.7 Å². The molecule has 0 fully saturated rings. The second-order valence-corrected chi connectivity index (χ2v) is 5.45. The van der Waals surface area contributed by atoms with E-state index in [0.717, 1.165) is 22.9 Å². The third-order valence-electron chi connectivity index (χ3n) is 3.20. The Morgan fingerprint density at radius 1 is 1.21 bits per heavy atom. The minimum absolute atomic E-state index is 0.0671. The molecule has 4 heteroatoms. The summed E-state index contributed by atoms with van der Waals surface area (Å²) in [5.41, 5.74) is 6.56. The van der Waals surface area contributed by atoms with Gasteiger partial charge in [-0.25, -0.2) is 0 Å². The molecule has 1 heterocycles. The van der Waals surface area contributed by atoms with Gasteiger partial charge in [0, 0.05) is 16.9 Å². The van der Waals surface area contributed by atoms with Gasteiger partial charge in [0.2, 0.25) is 0 Å². The van der Waals surface area contributed by atoms with Crippen molar-refractivity contribution in [2.75, 3.05) is 0 Å². The molecule has 3 nitrogen and oxygen atoms in total. The molecule has 0 aliphatic heterocycles. The predicted molar refractivity (Wildman–Crippen MR) is 81.5 cm³/mol. The maximum absolute atomic E-state index is 5.67. The monoisotopic (exact) mass is 319 g/mol. The first-order valence-electron chi connectivity index (χ1n) is 6.37. The first kappa shape index (κ1) is 14.2. The van der Waals surface area contributed by atoms with Gasteiger partial charge in [-0.15, -0.1) is 0 Å². The summed E-state index contributed by atoms with van der Waals surface area (Å²) in [6, 6.07) is 10.8. The Morgan fingerprint density at radius 3 is 2.47 bits per heavy atom. The van der Waals surface area contributed by atoms with Crippen molar-refractivity contribution in [1.82, 2.24) is 10.4 Å². The fraction of sp³-hybridized carbons (Fsp3) is 0.267. The normalized spacial score (nSPS) is 12.4. The van der Waals surface area contributed by atoms with E-state index in [1.165, 1.54) is 11.1 Å². The molecule has 0 amide bonds. The second kappa shape index (κ2) is 6.80. The van der Waals surface area contributed by atoms with Gasteiger partial charge in [-0.3, -0.25) is 16.3 Å². The number of halogens is 1. The largest absolute Gasteiger partial charge is 0.271 e. The molecule has 1 aromatic heterocycles. The summed E-state index contributed by atoms with van der Waals surface area (Å²) < 4.78 is 0.964. The average molecular weight is 320 g/mol. The molecule has 0 spiro atoms. The van der Waals surface area contributed by atoms with Crippen LogP contribution in [-0.2, 0) is 12.8 Å². The van der Waals surface area contributed by atoms with Gasteiger partial charge in [0.05, 0.1) is 6.04 Å². The van der Waals surface area contributed by atoms with E-state index in [0.29, 0.717) is 0 Å². The Balaban J connectivity index is 2.14. The van der Waals surface area contributed by atoms with E-state index in [9.17, 15) is 0 Å². The summed E-state index contributed by atoms with van der Waals surface area (Å²) >= 11 is 3.43. The average Bonchev–Trinajstić information content (AvgIpc) is 2.45. The van der Waals surface area contributed by atoms with Gasteiger partial charge in [0.15, 0.2) is 0 Å². The van der Waals surface area contributed by atoms with E-state index in [1.807, 2.05) is 12.3 Å². The number of nitrogens with two attached hydrogens (primary N) is 1. The van der Waals surface area contributed by atoms with E-state index in [1.54, 1.807) is 6.20 Å². The fourth-order valence-electron chi connectivity index (χ4n) is 2.04. The summed E-state index contributed by atoms with van der Waals surface area (Å²) in [6.07, 6.45) is 5.52. The summed E-state index contributed by atoms with van der Waals surface area (Å²) in [5, 5.41) is 0. The van der Waals surface area contributed by atoms with Crippen LogP contribution in [-0.4, -0.2) is 4.98 Å². The van der Waals surface area contributed by atoms with Crippen molar-refractivity contribution in [3.8, 4) is 0 Å². The number of aryl methyl sites for hydroxylation is 1. The predicted octanol–water partition coefficient (Wildman–Crippen LogP) is 3.15. The van der Waals surface area contributed by atoms with Crippen molar-refractivity contribution in [1.29, 1.82) is 0 Å². The lowest BCUT2D eigenvalue weighted by Gasteiger charge is -2.16. The minimum Gasteiger partial charge on any atom is -0.271 e. The molecule has 0 saturated heterocycles. The number of hydrazine groups is 1. The zero-order valence-electron chi connectivity index (χ0n) is 10.9.